The van der Waals surface area contributed by atoms with E-state index in [1.165, 1.54) is 70.6 Å². The second kappa shape index (κ2) is 10.4. The summed E-state index contributed by atoms with van der Waals surface area (Å²) in [7, 11) is 0. The molecule has 1 saturated carbocycles. The monoisotopic (exact) mass is 232 g/mol. The number of hydrogen-bond donors (Lipinski definition) is 0. The number of unbranched alkanes of at least 4 members (excludes halogenated alkanes) is 4. The maximum absolute atomic E-state index is 3.51. The highest BCUT2D eigenvalue weighted by Gasteiger charge is 2.02. The average molecular weight is 232 g/mol. The van der Waals surface area contributed by atoms with Crippen molar-refractivity contribution in [1.82, 2.24) is 0 Å². The summed E-state index contributed by atoms with van der Waals surface area (Å²) >= 11 is 0. The molecule has 0 nitrogen and oxygen atoms in total. The van der Waals surface area contributed by atoms with E-state index < -0.39 is 0 Å². The SMILES string of the molecule is CCC=CCCCCCC=C=C1CCCCC1. The van der Waals surface area contributed by atoms with E-state index in [1.54, 1.807) is 5.57 Å². The molecular formula is C17H28. The average Bonchev–Trinajstić information content (AvgIpc) is 2.38. The van der Waals surface area contributed by atoms with Gasteiger partial charge in [-0.05, 0) is 69.4 Å². The molecule has 0 N–H and O–H groups in total. The number of rotatable bonds is 7. The largest absolute Gasteiger partial charge is 0.126 e. The van der Waals surface area contributed by atoms with Crippen LogP contribution in [0.5, 0.6) is 0 Å². The molecule has 0 amide bonds. The molecule has 0 bridgehead atoms. The normalized spacial score (nSPS) is 16.2. The molecule has 96 valence electrons. The lowest BCUT2D eigenvalue weighted by atomic mass is 9.95. The van der Waals surface area contributed by atoms with Crippen LogP contribution in [0.3, 0.4) is 0 Å². The zero-order chi connectivity index (χ0) is 12.2. The molecule has 0 radical (unpaired) electrons. The summed E-state index contributed by atoms with van der Waals surface area (Å²) in [5.41, 5.74) is 5.08. The summed E-state index contributed by atoms with van der Waals surface area (Å²) in [4.78, 5) is 0. The minimum Gasteiger partial charge on any atom is -0.126 e. The minimum atomic E-state index is 1.18. The van der Waals surface area contributed by atoms with E-state index in [4.69, 9.17) is 0 Å². The van der Waals surface area contributed by atoms with Crippen molar-refractivity contribution in [2.45, 2.75) is 77.6 Å². The van der Waals surface area contributed by atoms with Crippen molar-refractivity contribution in [1.29, 1.82) is 0 Å². The van der Waals surface area contributed by atoms with Gasteiger partial charge in [-0.25, -0.2) is 0 Å². The molecule has 1 rings (SSSR count). The van der Waals surface area contributed by atoms with Gasteiger partial charge in [0, 0.05) is 0 Å². The van der Waals surface area contributed by atoms with Crippen molar-refractivity contribution in [2.75, 3.05) is 0 Å². The van der Waals surface area contributed by atoms with Crippen LogP contribution in [0.4, 0.5) is 0 Å². The Bertz CT molecular complexity index is 256. The maximum Gasteiger partial charge on any atom is -0.0244 e. The van der Waals surface area contributed by atoms with Gasteiger partial charge in [0.25, 0.3) is 0 Å². The Kier molecular flexibility index (Phi) is 8.78. The van der Waals surface area contributed by atoms with Gasteiger partial charge >= 0.3 is 0 Å². The zero-order valence-electron chi connectivity index (χ0n) is 11.5. The minimum absolute atomic E-state index is 1.18. The Balaban J connectivity index is 1.99. The summed E-state index contributed by atoms with van der Waals surface area (Å²) in [6, 6.07) is 0. The summed E-state index contributed by atoms with van der Waals surface area (Å²) < 4.78 is 0. The Hall–Kier alpha value is -0.740. The van der Waals surface area contributed by atoms with Crippen LogP contribution >= 0.6 is 0 Å². The van der Waals surface area contributed by atoms with E-state index in [0.29, 0.717) is 0 Å². The van der Waals surface area contributed by atoms with Crippen LogP contribution in [0.1, 0.15) is 77.6 Å². The van der Waals surface area contributed by atoms with E-state index in [2.05, 4.69) is 30.9 Å². The Labute approximate surface area is 108 Å². The smallest absolute Gasteiger partial charge is 0.0244 e. The summed E-state index contributed by atoms with van der Waals surface area (Å²) in [6.07, 6.45) is 21.4. The van der Waals surface area contributed by atoms with E-state index in [-0.39, 0.29) is 0 Å². The third kappa shape index (κ3) is 8.05. The van der Waals surface area contributed by atoms with Gasteiger partial charge < -0.3 is 0 Å². The van der Waals surface area contributed by atoms with Crippen LogP contribution in [0, 0.1) is 0 Å². The van der Waals surface area contributed by atoms with Crippen LogP contribution in [0.25, 0.3) is 0 Å². The molecule has 0 atom stereocenters. The van der Waals surface area contributed by atoms with Gasteiger partial charge in [0.15, 0.2) is 0 Å². The maximum atomic E-state index is 3.51. The molecular weight excluding hydrogens is 204 g/mol. The molecule has 1 aliphatic carbocycles. The van der Waals surface area contributed by atoms with Gasteiger partial charge in [-0.1, -0.05) is 31.9 Å². The van der Waals surface area contributed by atoms with Crippen molar-refractivity contribution < 1.29 is 0 Å². The lowest BCUT2D eigenvalue weighted by Crippen LogP contribution is -1.91. The first-order chi connectivity index (χ1) is 8.43. The summed E-state index contributed by atoms with van der Waals surface area (Å²) in [5.74, 6) is 0. The lowest BCUT2D eigenvalue weighted by Gasteiger charge is -2.10. The summed E-state index contributed by atoms with van der Waals surface area (Å²) in [6.45, 7) is 2.19. The molecule has 0 aromatic rings. The molecule has 0 heteroatoms. The predicted molar refractivity (Wildman–Crippen MR) is 77.2 cm³/mol. The fraction of sp³-hybridized carbons (Fsp3) is 0.706. The van der Waals surface area contributed by atoms with Gasteiger partial charge in [-0.2, -0.15) is 0 Å². The van der Waals surface area contributed by atoms with Crippen LogP contribution in [0.15, 0.2) is 29.5 Å². The first-order valence-corrected chi connectivity index (χ1v) is 7.51. The van der Waals surface area contributed by atoms with E-state index in [1.807, 2.05) is 0 Å². The highest BCUT2D eigenvalue weighted by atomic mass is 14.1. The van der Waals surface area contributed by atoms with Crippen molar-refractivity contribution in [3.05, 3.63) is 29.5 Å². The fourth-order valence-electron chi connectivity index (χ4n) is 2.31. The third-order valence-electron chi connectivity index (χ3n) is 3.38. The molecule has 0 saturated heterocycles. The molecule has 0 aromatic carbocycles. The molecule has 17 heavy (non-hydrogen) atoms. The predicted octanol–water partition coefficient (Wildman–Crippen LogP) is 5.95. The van der Waals surface area contributed by atoms with Gasteiger partial charge in [-0.15, -0.1) is 5.73 Å². The van der Waals surface area contributed by atoms with Crippen LogP contribution in [0.2, 0.25) is 0 Å². The van der Waals surface area contributed by atoms with Crippen molar-refractivity contribution in [3.8, 4) is 0 Å². The van der Waals surface area contributed by atoms with Crippen LogP contribution in [-0.4, -0.2) is 0 Å². The van der Waals surface area contributed by atoms with Gasteiger partial charge in [-0.3, -0.25) is 0 Å². The van der Waals surface area contributed by atoms with Crippen LogP contribution < -0.4 is 0 Å². The van der Waals surface area contributed by atoms with Gasteiger partial charge in [0.2, 0.25) is 0 Å². The Morgan fingerprint density at radius 2 is 1.71 bits per heavy atom. The Morgan fingerprint density at radius 1 is 0.941 bits per heavy atom. The second-order valence-electron chi connectivity index (χ2n) is 5.03. The quantitative estimate of drug-likeness (QED) is 0.289. The van der Waals surface area contributed by atoms with Gasteiger partial charge in [0.1, 0.15) is 0 Å². The van der Waals surface area contributed by atoms with Crippen molar-refractivity contribution >= 4 is 0 Å². The molecule has 0 unspecified atom stereocenters. The van der Waals surface area contributed by atoms with Crippen molar-refractivity contribution in [3.63, 3.8) is 0 Å². The topological polar surface area (TPSA) is 0 Å². The summed E-state index contributed by atoms with van der Waals surface area (Å²) in [5, 5.41) is 0. The number of hydrogen-bond acceptors (Lipinski definition) is 0. The van der Waals surface area contributed by atoms with Crippen molar-refractivity contribution in [2.24, 2.45) is 0 Å². The fourth-order valence-corrected chi connectivity index (χ4v) is 2.31. The second-order valence-corrected chi connectivity index (χ2v) is 5.03. The lowest BCUT2D eigenvalue weighted by molar-refractivity contribution is 0.600. The highest BCUT2D eigenvalue weighted by Crippen LogP contribution is 2.21. The van der Waals surface area contributed by atoms with E-state index in [0.717, 1.165) is 0 Å². The highest BCUT2D eigenvalue weighted by molar-refractivity contribution is 5.03. The zero-order valence-corrected chi connectivity index (χ0v) is 11.5. The first kappa shape index (κ1) is 14.3. The van der Waals surface area contributed by atoms with Gasteiger partial charge in [0.05, 0.1) is 0 Å². The Morgan fingerprint density at radius 3 is 2.47 bits per heavy atom. The molecule has 0 heterocycles. The standard InChI is InChI=1S/C17H28/c1-2-3-4-5-6-7-8-9-11-14-17-15-12-10-13-16-17/h3-4,11H,2,5-10,12-13,15-16H2,1H3. The third-order valence-corrected chi connectivity index (χ3v) is 3.38. The van der Waals surface area contributed by atoms with Crippen LogP contribution in [-0.2, 0) is 0 Å². The molecule has 0 aromatic heterocycles. The molecule has 0 spiro atoms. The molecule has 1 fully saturated rings. The molecule has 0 aliphatic heterocycles. The first-order valence-electron chi connectivity index (χ1n) is 7.51. The molecule has 1 aliphatic rings. The van der Waals surface area contributed by atoms with E-state index >= 15 is 0 Å². The van der Waals surface area contributed by atoms with E-state index in [9.17, 15) is 0 Å². The number of allylic oxidation sites excluding steroid dienone is 3.